The minimum Gasteiger partial charge on any atom is -0.496 e. The molecule has 0 aliphatic rings. The van der Waals surface area contributed by atoms with Crippen LogP contribution < -0.4 is 25.1 Å². The van der Waals surface area contributed by atoms with E-state index in [2.05, 4.69) is 10.3 Å². The Morgan fingerprint density at radius 2 is 1.73 bits per heavy atom. The molecule has 0 fully saturated rings. The zero-order chi connectivity index (χ0) is 23.4. The van der Waals surface area contributed by atoms with Crippen LogP contribution in [0.5, 0.6) is 17.2 Å². The van der Waals surface area contributed by atoms with Crippen LogP contribution in [0.1, 0.15) is 5.56 Å². The number of hydrogen-bond donors (Lipinski definition) is 1. The van der Waals surface area contributed by atoms with E-state index >= 15 is 0 Å². The van der Waals surface area contributed by atoms with Crippen molar-refractivity contribution in [2.24, 2.45) is 0 Å². The molecule has 0 bridgehead atoms. The third kappa shape index (κ3) is 4.54. The van der Waals surface area contributed by atoms with Gasteiger partial charge in [0, 0.05) is 29.1 Å². The summed E-state index contributed by atoms with van der Waals surface area (Å²) in [4.78, 5) is 30.8. The minimum absolute atomic E-state index is 0.151. The second-order valence-corrected chi connectivity index (χ2v) is 8.03. The second-order valence-electron chi connectivity index (χ2n) is 7.17. The number of carbonyl (C=O) groups is 1. The Morgan fingerprint density at radius 3 is 2.42 bits per heavy atom. The van der Waals surface area contributed by atoms with Crippen molar-refractivity contribution in [3.05, 3.63) is 70.1 Å². The lowest BCUT2D eigenvalue weighted by molar-refractivity contribution is -0.121. The summed E-state index contributed by atoms with van der Waals surface area (Å²) in [5.41, 5.74) is 2.22. The molecule has 33 heavy (non-hydrogen) atoms. The third-order valence-electron chi connectivity index (χ3n) is 5.22. The third-order valence-corrected chi connectivity index (χ3v) is 6.11. The van der Waals surface area contributed by atoms with Crippen molar-refractivity contribution in [3.8, 4) is 28.4 Å². The fraction of sp³-hybridized carbons (Fsp3) is 0.208. The molecule has 0 radical (unpaired) electrons. The minimum atomic E-state index is -0.327. The van der Waals surface area contributed by atoms with E-state index in [1.54, 1.807) is 12.1 Å². The number of nitrogens with zero attached hydrogens (tertiary/aromatic N) is 2. The molecule has 1 N–H and O–H groups in total. The first-order valence-corrected chi connectivity index (χ1v) is 11.0. The molecule has 0 unspecified atom stereocenters. The van der Waals surface area contributed by atoms with E-state index in [0.29, 0.717) is 33.0 Å². The van der Waals surface area contributed by atoms with E-state index < -0.39 is 0 Å². The van der Waals surface area contributed by atoms with Crippen molar-refractivity contribution in [1.29, 1.82) is 0 Å². The van der Waals surface area contributed by atoms with Gasteiger partial charge in [-0.25, -0.2) is 4.98 Å². The molecule has 2 heterocycles. The average molecular weight is 466 g/mol. The van der Waals surface area contributed by atoms with E-state index in [1.807, 2.05) is 35.7 Å². The fourth-order valence-electron chi connectivity index (χ4n) is 3.55. The van der Waals surface area contributed by atoms with Gasteiger partial charge < -0.3 is 19.5 Å². The summed E-state index contributed by atoms with van der Waals surface area (Å²) in [5, 5.41) is 5.26. The summed E-state index contributed by atoms with van der Waals surface area (Å²) >= 11 is 1.41. The smallest absolute Gasteiger partial charge is 0.263 e. The Labute approximate surface area is 194 Å². The van der Waals surface area contributed by atoms with Crippen molar-refractivity contribution in [2.75, 3.05) is 21.3 Å². The van der Waals surface area contributed by atoms with Crippen molar-refractivity contribution in [1.82, 2.24) is 14.9 Å². The lowest BCUT2D eigenvalue weighted by Crippen LogP contribution is -2.32. The normalized spacial score (nSPS) is 10.8. The molecule has 2 aromatic heterocycles. The summed E-state index contributed by atoms with van der Waals surface area (Å²) in [6.45, 7) is 0.0436. The van der Waals surface area contributed by atoms with E-state index in [9.17, 15) is 9.59 Å². The molecule has 0 aliphatic heterocycles. The van der Waals surface area contributed by atoms with Crippen LogP contribution in [0.3, 0.4) is 0 Å². The van der Waals surface area contributed by atoms with Crippen LogP contribution in [0.2, 0.25) is 0 Å². The Kier molecular flexibility index (Phi) is 6.60. The first-order valence-electron chi connectivity index (χ1n) is 10.1. The van der Waals surface area contributed by atoms with Gasteiger partial charge in [0.1, 0.15) is 17.1 Å². The van der Waals surface area contributed by atoms with E-state index in [-0.39, 0.29) is 24.6 Å². The van der Waals surface area contributed by atoms with Gasteiger partial charge in [0.15, 0.2) is 11.5 Å². The maximum Gasteiger partial charge on any atom is 0.263 e. The summed E-state index contributed by atoms with van der Waals surface area (Å²) < 4.78 is 17.3. The molecule has 0 spiro atoms. The Hall–Kier alpha value is -3.85. The Bertz CT molecular complexity index is 1350. The number of ether oxygens (including phenoxy) is 3. The lowest BCUT2D eigenvalue weighted by Gasteiger charge is -2.15. The molecule has 170 valence electrons. The number of fused-ring (bicyclic) bond motifs is 1. The van der Waals surface area contributed by atoms with E-state index in [0.717, 1.165) is 11.1 Å². The summed E-state index contributed by atoms with van der Waals surface area (Å²) in [6.07, 6.45) is 1.41. The largest absolute Gasteiger partial charge is 0.496 e. The number of amides is 1. The van der Waals surface area contributed by atoms with E-state index in [4.69, 9.17) is 14.2 Å². The Balaban J connectivity index is 1.54. The quantitative estimate of drug-likeness (QED) is 0.429. The first-order chi connectivity index (χ1) is 16.0. The highest BCUT2D eigenvalue weighted by Gasteiger charge is 2.16. The second kappa shape index (κ2) is 9.74. The molecule has 0 saturated carbocycles. The maximum atomic E-state index is 13.1. The van der Waals surface area contributed by atoms with Crippen molar-refractivity contribution < 1.29 is 19.0 Å². The highest BCUT2D eigenvalue weighted by Crippen LogP contribution is 2.34. The van der Waals surface area contributed by atoms with Crippen LogP contribution in [-0.4, -0.2) is 36.8 Å². The zero-order valence-electron chi connectivity index (χ0n) is 18.5. The van der Waals surface area contributed by atoms with Gasteiger partial charge in [-0.3, -0.25) is 14.2 Å². The standard InChI is InChI=1S/C24H23N3O5S/c1-30-18-10-20(32-3)19(31-2)9-16(18)11-25-21(28)12-27-14-26-23-22(24(27)29)17(13-33-23)15-7-5-4-6-8-15/h4-10,13-14H,11-12H2,1-3H3,(H,25,28). The molecule has 9 heteroatoms. The summed E-state index contributed by atoms with van der Waals surface area (Å²) in [6, 6.07) is 13.1. The summed E-state index contributed by atoms with van der Waals surface area (Å²) in [7, 11) is 4.62. The number of hydrogen-bond acceptors (Lipinski definition) is 7. The lowest BCUT2D eigenvalue weighted by atomic mass is 10.1. The predicted molar refractivity (Wildman–Crippen MR) is 127 cm³/mol. The van der Waals surface area contributed by atoms with Crippen molar-refractivity contribution in [2.45, 2.75) is 13.1 Å². The van der Waals surface area contributed by atoms with Crippen molar-refractivity contribution in [3.63, 3.8) is 0 Å². The molecule has 2 aromatic carbocycles. The molecule has 0 aliphatic carbocycles. The number of carbonyl (C=O) groups excluding carboxylic acids is 1. The molecule has 0 saturated heterocycles. The highest BCUT2D eigenvalue weighted by molar-refractivity contribution is 7.17. The molecule has 1 amide bonds. The number of aromatic nitrogens is 2. The molecular formula is C24H23N3O5S. The predicted octanol–water partition coefficient (Wildman–Crippen LogP) is 3.47. The maximum absolute atomic E-state index is 13.1. The van der Waals surface area contributed by atoms with E-state index in [1.165, 1.54) is 43.6 Å². The summed E-state index contributed by atoms with van der Waals surface area (Å²) in [5.74, 6) is 1.28. The first kappa shape index (κ1) is 22.3. The van der Waals surface area contributed by atoms with Crippen LogP contribution in [0.25, 0.3) is 21.3 Å². The average Bonchev–Trinajstić information content (AvgIpc) is 3.29. The number of thiophene rings is 1. The van der Waals surface area contributed by atoms with Gasteiger partial charge in [0.25, 0.3) is 5.56 Å². The molecule has 4 aromatic rings. The van der Waals surface area contributed by atoms with Crippen LogP contribution >= 0.6 is 11.3 Å². The van der Waals surface area contributed by atoms with Gasteiger partial charge in [-0.2, -0.15) is 0 Å². The van der Waals surface area contributed by atoms with Crippen LogP contribution in [0.4, 0.5) is 0 Å². The fourth-order valence-corrected chi connectivity index (χ4v) is 4.45. The van der Waals surface area contributed by atoms with Gasteiger partial charge in [-0.15, -0.1) is 11.3 Å². The monoisotopic (exact) mass is 465 g/mol. The number of nitrogens with one attached hydrogen (secondary N) is 1. The molecule has 4 rings (SSSR count). The number of rotatable bonds is 8. The number of methoxy groups -OCH3 is 3. The zero-order valence-corrected chi connectivity index (χ0v) is 19.3. The van der Waals surface area contributed by atoms with Crippen LogP contribution in [0, 0.1) is 0 Å². The van der Waals surface area contributed by atoms with Gasteiger partial charge in [-0.1, -0.05) is 30.3 Å². The van der Waals surface area contributed by atoms with Gasteiger partial charge >= 0.3 is 0 Å². The topological polar surface area (TPSA) is 91.7 Å². The molecule has 0 atom stereocenters. The van der Waals surface area contributed by atoms with Crippen molar-refractivity contribution >= 4 is 27.5 Å². The highest BCUT2D eigenvalue weighted by atomic mass is 32.1. The van der Waals surface area contributed by atoms with Gasteiger partial charge in [0.2, 0.25) is 5.91 Å². The Morgan fingerprint density at radius 1 is 1.03 bits per heavy atom. The van der Waals surface area contributed by atoms with Gasteiger partial charge in [-0.05, 0) is 11.6 Å². The van der Waals surface area contributed by atoms with Crippen LogP contribution in [0.15, 0.2) is 59.0 Å². The van der Waals surface area contributed by atoms with Gasteiger partial charge in [0.05, 0.1) is 33.0 Å². The molecular weight excluding hydrogens is 442 g/mol. The SMILES string of the molecule is COc1cc(OC)c(OC)cc1CNC(=O)Cn1cnc2scc(-c3ccccc3)c2c1=O. The number of benzene rings is 2. The van der Waals surface area contributed by atoms with Crippen LogP contribution in [-0.2, 0) is 17.9 Å². The molecule has 8 nitrogen and oxygen atoms in total.